The fraction of sp³-hybridized carbons (Fsp3) is 0.105. The van der Waals surface area contributed by atoms with Crippen molar-refractivity contribution in [1.29, 1.82) is 0 Å². The van der Waals surface area contributed by atoms with Crippen LogP contribution in [-0.2, 0) is 5.75 Å². The monoisotopic (exact) mass is 431 g/mol. The van der Waals surface area contributed by atoms with Gasteiger partial charge >= 0.3 is 0 Å². The average molecular weight is 432 g/mol. The summed E-state index contributed by atoms with van der Waals surface area (Å²) in [5.41, 5.74) is 2.47. The second-order valence-corrected chi connectivity index (χ2v) is 9.48. The molecule has 2 heterocycles. The van der Waals surface area contributed by atoms with Crippen LogP contribution in [0, 0.1) is 6.92 Å². The molecule has 0 atom stereocenters. The molecule has 136 valence electrons. The number of thioether (sulfide) groups is 1. The van der Waals surface area contributed by atoms with E-state index in [1.54, 1.807) is 11.8 Å². The molecule has 0 spiro atoms. The number of carbonyl (C=O) groups is 1. The Kier molecular flexibility index (Phi) is 5.45. The van der Waals surface area contributed by atoms with E-state index in [4.69, 9.17) is 11.6 Å². The SMILES string of the molecule is Cc1cccc(CSc2nnc(NC(=O)c3sc4ccccc4c3Cl)s2)c1. The van der Waals surface area contributed by atoms with Gasteiger partial charge < -0.3 is 0 Å². The first-order chi connectivity index (χ1) is 13.1. The minimum atomic E-state index is -0.257. The molecule has 4 nitrogen and oxygen atoms in total. The van der Waals surface area contributed by atoms with Gasteiger partial charge in [-0.15, -0.1) is 21.5 Å². The Labute approximate surface area is 173 Å². The molecule has 8 heteroatoms. The predicted octanol–water partition coefficient (Wildman–Crippen LogP) is 6.26. The van der Waals surface area contributed by atoms with Crippen molar-refractivity contribution in [1.82, 2.24) is 10.2 Å². The summed E-state index contributed by atoms with van der Waals surface area (Å²) in [5, 5.41) is 12.9. The maximum absolute atomic E-state index is 12.6. The molecule has 0 aliphatic heterocycles. The van der Waals surface area contributed by atoms with Crippen LogP contribution >= 0.6 is 46.0 Å². The van der Waals surface area contributed by atoms with Crippen LogP contribution in [0.3, 0.4) is 0 Å². The van der Waals surface area contributed by atoms with E-state index in [-0.39, 0.29) is 5.91 Å². The van der Waals surface area contributed by atoms with Gasteiger partial charge in [-0.3, -0.25) is 10.1 Å². The molecular weight excluding hydrogens is 418 g/mol. The van der Waals surface area contributed by atoms with Gasteiger partial charge in [0.2, 0.25) is 5.13 Å². The first kappa shape index (κ1) is 18.4. The van der Waals surface area contributed by atoms with E-state index in [0.717, 1.165) is 20.2 Å². The van der Waals surface area contributed by atoms with Gasteiger partial charge in [0.25, 0.3) is 5.91 Å². The van der Waals surface area contributed by atoms with Crippen LogP contribution in [0.4, 0.5) is 5.13 Å². The number of thiophene rings is 1. The Morgan fingerprint density at radius 3 is 2.81 bits per heavy atom. The fourth-order valence-corrected chi connectivity index (χ4v) is 5.68. The highest BCUT2D eigenvalue weighted by molar-refractivity contribution is 8.00. The molecule has 1 amide bonds. The number of aryl methyl sites for hydroxylation is 1. The van der Waals surface area contributed by atoms with Crippen molar-refractivity contribution in [2.75, 3.05) is 5.32 Å². The number of nitrogens with one attached hydrogen (secondary N) is 1. The zero-order chi connectivity index (χ0) is 18.8. The largest absolute Gasteiger partial charge is 0.296 e. The molecule has 0 aliphatic rings. The Balaban J connectivity index is 1.44. The summed E-state index contributed by atoms with van der Waals surface area (Å²) >= 11 is 10.7. The van der Waals surface area contributed by atoms with Gasteiger partial charge in [0.05, 0.1) is 5.02 Å². The van der Waals surface area contributed by atoms with E-state index in [1.165, 1.54) is 33.8 Å². The lowest BCUT2D eigenvalue weighted by Crippen LogP contribution is -2.10. The van der Waals surface area contributed by atoms with Crippen molar-refractivity contribution in [3.8, 4) is 0 Å². The standard InChI is InChI=1S/C19H14ClN3OS3/c1-11-5-4-6-12(9-11)10-25-19-23-22-18(27-19)21-17(24)16-15(20)13-7-2-3-8-14(13)26-16/h2-9H,10H2,1H3,(H,21,22,24). The minimum Gasteiger partial charge on any atom is -0.296 e. The lowest BCUT2D eigenvalue weighted by Gasteiger charge is -2.00. The van der Waals surface area contributed by atoms with Gasteiger partial charge in [-0.2, -0.15) is 0 Å². The van der Waals surface area contributed by atoms with Crippen molar-refractivity contribution in [2.45, 2.75) is 17.0 Å². The van der Waals surface area contributed by atoms with Crippen LogP contribution in [0.5, 0.6) is 0 Å². The van der Waals surface area contributed by atoms with Crippen LogP contribution in [0.25, 0.3) is 10.1 Å². The van der Waals surface area contributed by atoms with E-state index >= 15 is 0 Å². The molecule has 4 rings (SSSR count). The van der Waals surface area contributed by atoms with Crippen molar-refractivity contribution in [3.05, 3.63) is 69.6 Å². The number of anilines is 1. The molecule has 0 bridgehead atoms. The number of halogens is 1. The van der Waals surface area contributed by atoms with E-state index in [2.05, 4.69) is 40.6 Å². The summed E-state index contributed by atoms with van der Waals surface area (Å²) in [6.07, 6.45) is 0. The first-order valence-corrected chi connectivity index (χ1v) is 11.1. The number of fused-ring (bicyclic) bond motifs is 1. The maximum atomic E-state index is 12.6. The third-order valence-corrected chi connectivity index (χ3v) is 7.53. The van der Waals surface area contributed by atoms with E-state index in [1.807, 2.05) is 30.3 Å². The number of aromatic nitrogens is 2. The van der Waals surface area contributed by atoms with Crippen LogP contribution in [0.15, 0.2) is 52.9 Å². The summed E-state index contributed by atoms with van der Waals surface area (Å²) in [6.45, 7) is 2.08. The molecule has 1 N–H and O–H groups in total. The Hall–Kier alpha value is -1.93. The fourth-order valence-electron chi connectivity index (χ4n) is 2.58. The lowest BCUT2D eigenvalue weighted by atomic mass is 10.2. The molecule has 0 fully saturated rings. The number of hydrogen-bond donors (Lipinski definition) is 1. The summed E-state index contributed by atoms with van der Waals surface area (Å²) < 4.78 is 1.80. The highest BCUT2D eigenvalue weighted by atomic mass is 35.5. The quantitative estimate of drug-likeness (QED) is 0.299. The van der Waals surface area contributed by atoms with Gasteiger partial charge in [-0.1, -0.05) is 82.7 Å². The van der Waals surface area contributed by atoms with Gasteiger partial charge in [0, 0.05) is 15.8 Å². The Morgan fingerprint density at radius 1 is 1.15 bits per heavy atom. The highest BCUT2D eigenvalue weighted by Gasteiger charge is 2.18. The van der Waals surface area contributed by atoms with Crippen molar-refractivity contribution in [3.63, 3.8) is 0 Å². The van der Waals surface area contributed by atoms with Crippen molar-refractivity contribution >= 4 is 67.2 Å². The van der Waals surface area contributed by atoms with Crippen molar-refractivity contribution in [2.24, 2.45) is 0 Å². The zero-order valence-electron chi connectivity index (χ0n) is 14.2. The number of carbonyl (C=O) groups excluding carboxylic acids is 1. The van der Waals surface area contributed by atoms with Crippen LogP contribution in [-0.4, -0.2) is 16.1 Å². The number of rotatable bonds is 5. The van der Waals surface area contributed by atoms with Crippen LogP contribution in [0.2, 0.25) is 5.02 Å². The van der Waals surface area contributed by atoms with E-state index < -0.39 is 0 Å². The molecule has 2 aromatic carbocycles. The topological polar surface area (TPSA) is 54.9 Å². The van der Waals surface area contributed by atoms with Gasteiger partial charge in [0.1, 0.15) is 4.88 Å². The summed E-state index contributed by atoms with van der Waals surface area (Å²) in [6, 6.07) is 16.1. The van der Waals surface area contributed by atoms with Crippen LogP contribution in [0.1, 0.15) is 20.8 Å². The molecule has 0 unspecified atom stereocenters. The zero-order valence-corrected chi connectivity index (χ0v) is 17.4. The minimum absolute atomic E-state index is 0.257. The third-order valence-electron chi connectivity index (χ3n) is 3.81. The number of nitrogens with zero attached hydrogens (tertiary/aromatic N) is 2. The third kappa shape index (κ3) is 4.16. The number of hydrogen-bond acceptors (Lipinski definition) is 6. The molecule has 0 radical (unpaired) electrons. The second-order valence-electron chi connectivity index (χ2n) is 5.85. The molecule has 4 aromatic rings. The second kappa shape index (κ2) is 7.98. The van der Waals surface area contributed by atoms with Gasteiger partial charge in [-0.25, -0.2) is 0 Å². The maximum Gasteiger partial charge on any atom is 0.269 e. The predicted molar refractivity (Wildman–Crippen MR) is 115 cm³/mol. The lowest BCUT2D eigenvalue weighted by molar-refractivity contribution is 0.103. The molecule has 27 heavy (non-hydrogen) atoms. The van der Waals surface area contributed by atoms with Gasteiger partial charge in [-0.05, 0) is 18.6 Å². The van der Waals surface area contributed by atoms with Crippen molar-refractivity contribution < 1.29 is 4.79 Å². The Bertz CT molecular complexity index is 1120. The van der Waals surface area contributed by atoms with E-state index in [9.17, 15) is 4.79 Å². The Morgan fingerprint density at radius 2 is 2.00 bits per heavy atom. The highest BCUT2D eigenvalue weighted by Crippen LogP contribution is 2.36. The summed E-state index contributed by atoms with van der Waals surface area (Å²) in [7, 11) is 0. The molecule has 2 aromatic heterocycles. The van der Waals surface area contributed by atoms with E-state index in [0.29, 0.717) is 15.0 Å². The molecule has 0 saturated carbocycles. The summed E-state index contributed by atoms with van der Waals surface area (Å²) in [4.78, 5) is 13.1. The molecule has 0 saturated heterocycles. The number of amides is 1. The normalized spacial score (nSPS) is 11.0. The van der Waals surface area contributed by atoms with Crippen LogP contribution < -0.4 is 5.32 Å². The summed E-state index contributed by atoms with van der Waals surface area (Å²) in [5.74, 6) is 0.555. The smallest absolute Gasteiger partial charge is 0.269 e. The molecular formula is C19H14ClN3OS3. The average Bonchev–Trinajstić information content (AvgIpc) is 3.25. The molecule has 0 aliphatic carbocycles. The number of benzene rings is 2. The van der Waals surface area contributed by atoms with Gasteiger partial charge in [0.15, 0.2) is 4.34 Å². The first-order valence-electron chi connectivity index (χ1n) is 8.10.